The van der Waals surface area contributed by atoms with Gasteiger partial charge in [0.05, 0.1) is 6.61 Å². The standard InChI is InChI=1S/C20H20N2O3/c23-19(15-25-17-9-2-1-3-10-17)21-13-6-14-24-18-11-4-7-16-8-5-12-22-20(16)18/h1-5,7-12H,6,13-15H2,(H,21,23). The lowest BCUT2D eigenvalue weighted by atomic mass is 10.2. The van der Waals surface area contributed by atoms with Crippen LogP contribution in [0, 0.1) is 0 Å². The predicted octanol–water partition coefficient (Wildman–Crippen LogP) is 3.20. The van der Waals surface area contributed by atoms with Crippen LogP contribution in [-0.4, -0.2) is 30.6 Å². The van der Waals surface area contributed by atoms with Crippen LogP contribution in [0.4, 0.5) is 0 Å². The molecule has 0 atom stereocenters. The second-order valence-corrected chi connectivity index (χ2v) is 5.48. The van der Waals surface area contributed by atoms with Crippen LogP contribution in [0.3, 0.4) is 0 Å². The third-order valence-corrected chi connectivity index (χ3v) is 3.61. The molecule has 0 radical (unpaired) electrons. The van der Waals surface area contributed by atoms with Gasteiger partial charge in [-0.15, -0.1) is 0 Å². The molecule has 0 aliphatic heterocycles. The maximum Gasteiger partial charge on any atom is 0.257 e. The third-order valence-electron chi connectivity index (χ3n) is 3.61. The number of fused-ring (bicyclic) bond motifs is 1. The Labute approximate surface area is 146 Å². The minimum absolute atomic E-state index is 0.0120. The number of hydrogen-bond acceptors (Lipinski definition) is 4. The monoisotopic (exact) mass is 336 g/mol. The largest absolute Gasteiger partial charge is 0.491 e. The number of para-hydroxylation sites is 2. The Kier molecular flexibility index (Phi) is 5.82. The van der Waals surface area contributed by atoms with Crippen molar-refractivity contribution in [1.82, 2.24) is 10.3 Å². The number of amides is 1. The molecule has 0 spiro atoms. The van der Waals surface area contributed by atoms with Crippen molar-refractivity contribution in [3.8, 4) is 11.5 Å². The number of ether oxygens (including phenoxy) is 2. The summed E-state index contributed by atoms with van der Waals surface area (Å²) in [5, 5.41) is 3.86. The third kappa shape index (κ3) is 4.94. The van der Waals surface area contributed by atoms with Crippen LogP contribution in [-0.2, 0) is 4.79 Å². The lowest BCUT2D eigenvalue weighted by Crippen LogP contribution is -2.30. The Bertz CT molecular complexity index is 816. The smallest absolute Gasteiger partial charge is 0.257 e. The quantitative estimate of drug-likeness (QED) is 0.642. The molecular weight excluding hydrogens is 316 g/mol. The zero-order chi connectivity index (χ0) is 17.3. The molecule has 2 aromatic carbocycles. The molecule has 25 heavy (non-hydrogen) atoms. The number of aromatic nitrogens is 1. The average molecular weight is 336 g/mol. The Balaban J connectivity index is 1.36. The highest BCUT2D eigenvalue weighted by atomic mass is 16.5. The van der Waals surface area contributed by atoms with Crippen LogP contribution in [0.5, 0.6) is 11.5 Å². The molecule has 0 fully saturated rings. The van der Waals surface area contributed by atoms with Gasteiger partial charge < -0.3 is 14.8 Å². The normalized spacial score (nSPS) is 10.4. The molecule has 1 heterocycles. The van der Waals surface area contributed by atoms with E-state index < -0.39 is 0 Å². The summed E-state index contributed by atoms with van der Waals surface area (Å²) in [5.41, 5.74) is 0.852. The van der Waals surface area contributed by atoms with E-state index in [2.05, 4.69) is 10.3 Å². The fourth-order valence-electron chi connectivity index (χ4n) is 2.39. The maximum absolute atomic E-state index is 11.7. The van der Waals surface area contributed by atoms with Crippen molar-refractivity contribution in [1.29, 1.82) is 0 Å². The van der Waals surface area contributed by atoms with E-state index in [4.69, 9.17) is 9.47 Å². The fourth-order valence-corrected chi connectivity index (χ4v) is 2.39. The molecule has 0 aliphatic rings. The van der Waals surface area contributed by atoms with Crippen molar-refractivity contribution in [2.75, 3.05) is 19.8 Å². The van der Waals surface area contributed by atoms with E-state index in [1.807, 2.05) is 60.7 Å². The molecule has 0 saturated heterocycles. The molecule has 5 heteroatoms. The molecule has 3 aromatic rings. The minimum Gasteiger partial charge on any atom is -0.491 e. The summed E-state index contributed by atoms with van der Waals surface area (Å²) < 4.78 is 11.2. The van der Waals surface area contributed by atoms with Crippen LogP contribution in [0.2, 0.25) is 0 Å². The first-order valence-corrected chi connectivity index (χ1v) is 8.24. The topological polar surface area (TPSA) is 60.5 Å². The van der Waals surface area contributed by atoms with E-state index in [1.54, 1.807) is 6.20 Å². The molecular formula is C20H20N2O3. The van der Waals surface area contributed by atoms with Crippen LogP contribution >= 0.6 is 0 Å². The summed E-state index contributed by atoms with van der Waals surface area (Å²) in [6.07, 6.45) is 2.46. The van der Waals surface area contributed by atoms with Gasteiger partial charge in [-0.1, -0.05) is 36.4 Å². The highest BCUT2D eigenvalue weighted by molar-refractivity contribution is 5.84. The molecule has 128 valence electrons. The second-order valence-electron chi connectivity index (χ2n) is 5.48. The van der Waals surface area contributed by atoms with Crippen molar-refractivity contribution in [2.45, 2.75) is 6.42 Å². The highest BCUT2D eigenvalue weighted by Gasteiger charge is 2.04. The van der Waals surface area contributed by atoms with Gasteiger partial charge >= 0.3 is 0 Å². The van der Waals surface area contributed by atoms with Crippen molar-refractivity contribution in [3.05, 3.63) is 66.9 Å². The lowest BCUT2D eigenvalue weighted by Gasteiger charge is -2.10. The van der Waals surface area contributed by atoms with Crippen LogP contribution in [0.25, 0.3) is 10.9 Å². The first-order chi connectivity index (χ1) is 12.3. The van der Waals surface area contributed by atoms with Crippen molar-refractivity contribution in [3.63, 3.8) is 0 Å². The molecule has 0 unspecified atom stereocenters. The van der Waals surface area contributed by atoms with Gasteiger partial charge in [0, 0.05) is 18.1 Å². The predicted molar refractivity (Wildman–Crippen MR) is 96.8 cm³/mol. The molecule has 0 aliphatic carbocycles. The van der Waals surface area contributed by atoms with Crippen LogP contribution in [0.15, 0.2) is 66.9 Å². The van der Waals surface area contributed by atoms with E-state index in [0.29, 0.717) is 25.3 Å². The number of nitrogens with one attached hydrogen (secondary N) is 1. The van der Waals surface area contributed by atoms with Gasteiger partial charge in [0.2, 0.25) is 0 Å². The number of nitrogens with zero attached hydrogens (tertiary/aromatic N) is 1. The van der Waals surface area contributed by atoms with E-state index in [-0.39, 0.29) is 12.5 Å². The molecule has 1 aromatic heterocycles. The maximum atomic E-state index is 11.7. The molecule has 1 amide bonds. The summed E-state index contributed by atoms with van der Waals surface area (Å²) in [6, 6.07) is 19.0. The van der Waals surface area contributed by atoms with Gasteiger partial charge in [-0.25, -0.2) is 0 Å². The number of pyridine rings is 1. The summed E-state index contributed by atoms with van der Waals surface area (Å²) in [7, 11) is 0. The summed E-state index contributed by atoms with van der Waals surface area (Å²) in [5.74, 6) is 1.30. The van der Waals surface area contributed by atoms with E-state index >= 15 is 0 Å². The minimum atomic E-state index is -0.143. The van der Waals surface area contributed by atoms with E-state index in [9.17, 15) is 4.79 Å². The Morgan fingerprint density at radius 1 is 0.960 bits per heavy atom. The lowest BCUT2D eigenvalue weighted by molar-refractivity contribution is -0.123. The first-order valence-electron chi connectivity index (χ1n) is 8.24. The number of carbonyl (C=O) groups excluding carboxylic acids is 1. The molecule has 0 bridgehead atoms. The molecule has 0 saturated carbocycles. The van der Waals surface area contributed by atoms with Gasteiger partial charge in [-0.2, -0.15) is 0 Å². The molecule has 5 nitrogen and oxygen atoms in total. The summed E-state index contributed by atoms with van der Waals surface area (Å²) in [6.45, 7) is 1.06. The van der Waals surface area contributed by atoms with Gasteiger partial charge in [-0.05, 0) is 30.7 Å². The van der Waals surface area contributed by atoms with Crippen molar-refractivity contribution >= 4 is 16.8 Å². The Morgan fingerprint density at radius 3 is 2.68 bits per heavy atom. The van der Waals surface area contributed by atoms with Gasteiger partial charge in [0.1, 0.15) is 17.0 Å². The number of benzene rings is 2. The van der Waals surface area contributed by atoms with E-state index in [1.165, 1.54) is 0 Å². The van der Waals surface area contributed by atoms with Gasteiger partial charge in [0.15, 0.2) is 6.61 Å². The zero-order valence-electron chi connectivity index (χ0n) is 13.9. The Hall–Kier alpha value is -3.08. The summed E-state index contributed by atoms with van der Waals surface area (Å²) in [4.78, 5) is 16.1. The van der Waals surface area contributed by atoms with Crippen molar-refractivity contribution in [2.24, 2.45) is 0 Å². The zero-order valence-corrected chi connectivity index (χ0v) is 13.9. The van der Waals surface area contributed by atoms with Crippen LogP contribution in [0.1, 0.15) is 6.42 Å². The second kappa shape index (κ2) is 8.68. The molecule has 3 rings (SSSR count). The van der Waals surface area contributed by atoms with Crippen molar-refractivity contribution < 1.29 is 14.3 Å². The SMILES string of the molecule is O=C(COc1ccccc1)NCCCOc1cccc2cccnc12. The number of carbonyl (C=O) groups is 1. The Morgan fingerprint density at radius 2 is 1.80 bits per heavy atom. The number of hydrogen-bond donors (Lipinski definition) is 1. The van der Waals surface area contributed by atoms with Crippen LogP contribution < -0.4 is 14.8 Å². The summed E-state index contributed by atoms with van der Waals surface area (Å²) >= 11 is 0. The highest BCUT2D eigenvalue weighted by Crippen LogP contribution is 2.22. The molecule has 1 N–H and O–H groups in total. The van der Waals surface area contributed by atoms with E-state index in [0.717, 1.165) is 16.7 Å². The van der Waals surface area contributed by atoms with Gasteiger partial charge in [0.25, 0.3) is 5.91 Å². The average Bonchev–Trinajstić information content (AvgIpc) is 2.67. The van der Waals surface area contributed by atoms with Gasteiger partial charge in [-0.3, -0.25) is 9.78 Å². The first kappa shape index (κ1) is 16.8. The number of rotatable bonds is 8. The fraction of sp³-hybridized carbons (Fsp3) is 0.200.